The molecule has 0 saturated heterocycles. The quantitative estimate of drug-likeness (QED) is 0.787. The minimum absolute atomic E-state index is 0.195. The Bertz CT molecular complexity index is 269. The Labute approximate surface area is 108 Å². The van der Waals surface area contributed by atoms with Crippen molar-refractivity contribution in [1.82, 2.24) is 15.5 Å². The number of nitrogens with one attached hydrogen (secondary N) is 2. The lowest BCUT2D eigenvalue weighted by Crippen LogP contribution is -2.49. The molecule has 0 aromatic rings. The van der Waals surface area contributed by atoms with Gasteiger partial charge in [0.25, 0.3) is 0 Å². The van der Waals surface area contributed by atoms with Crippen LogP contribution >= 0.6 is 0 Å². The van der Waals surface area contributed by atoms with E-state index in [1.54, 1.807) is 0 Å². The van der Waals surface area contributed by atoms with Gasteiger partial charge in [0.1, 0.15) is 0 Å². The molecule has 0 saturated carbocycles. The van der Waals surface area contributed by atoms with Crippen molar-refractivity contribution in [3.63, 3.8) is 0 Å². The fourth-order valence-electron chi connectivity index (χ4n) is 1.59. The number of hydrogen-bond acceptors (Lipinski definition) is 3. The van der Waals surface area contributed by atoms with E-state index < -0.39 is 12.1 Å². The fourth-order valence-corrected chi connectivity index (χ4v) is 1.59. The largest absolute Gasteiger partial charge is 0.329 e. The summed E-state index contributed by atoms with van der Waals surface area (Å²) in [6.07, 6.45) is 1.33. The molecule has 6 nitrogen and oxygen atoms in total. The highest BCUT2D eigenvalue weighted by Crippen LogP contribution is 2.06. The summed E-state index contributed by atoms with van der Waals surface area (Å²) in [5.41, 5.74) is 0. The normalized spacial score (nSPS) is 10.1. The number of urea groups is 2. The average molecular weight is 257 g/mol. The van der Waals surface area contributed by atoms with Crippen LogP contribution in [-0.4, -0.2) is 36.0 Å². The van der Waals surface area contributed by atoms with Crippen molar-refractivity contribution in [2.45, 2.75) is 40.5 Å². The zero-order chi connectivity index (χ0) is 14.1. The summed E-state index contributed by atoms with van der Waals surface area (Å²) in [7, 11) is 0. The number of hydrogen-bond donors (Lipinski definition) is 2. The monoisotopic (exact) mass is 257 g/mol. The van der Waals surface area contributed by atoms with Crippen LogP contribution in [0, 0.1) is 5.92 Å². The van der Waals surface area contributed by atoms with Gasteiger partial charge >= 0.3 is 12.1 Å². The summed E-state index contributed by atoms with van der Waals surface area (Å²) in [5.74, 6) is -0.538. The van der Waals surface area contributed by atoms with Gasteiger partial charge in [-0.25, -0.2) is 9.59 Å². The standard InChI is InChI=1S/C12H23N3O3/c1-5-9(6-2)10(16)13-11(17)14-12(18)15(7-3)8-4/h9H,5-8H2,1-4H3,(H2,13,14,16,17,18). The van der Waals surface area contributed by atoms with Crippen LogP contribution in [0.2, 0.25) is 0 Å². The van der Waals surface area contributed by atoms with Crippen LogP contribution < -0.4 is 10.6 Å². The van der Waals surface area contributed by atoms with Crippen molar-refractivity contribution in [3.05, 3.63) is 0 Å². The minimum Gasteiger partial charge on any atom is -0.325 e. The summed E-state index contributed by atoms with van der Waals surface area (Å²) in [6, 6.07) is -1.25. The molecule has 0 unspecified atom stereocenters. The molecule has 0 aliphatic rings. The van der Waals surface area contributed by atoms with Gasteiger partial charge in [-0.05, 0) is 26.7 Å². The molecule has 18 heavy (non-hydrogen) atoms. The minimum atomic E-state index is -0.760. The van der Waals surface area contributed by atoms with E-state index in [4.69, 9.17) is 0 Å². The molecule has 2 N–H and O–H groups in total. The molecule has 0 heterocycles. The van der Waals surface area contributed by atoms with E-state index in [9.17, 15) is 14.4 Å². The summed E-state index contributed by atoms with van der Waals surface area (Å²) >= 11 is 0. The lowest BCUT2D eigenvalue weighted by molar-refractivity contribution is -0.124. The van der Waals surface area contributed by atoms with E-state index in [1.165, 1.54) is 4.90 Å². The molecule has 0 radical (unpaired) electrons. The van der Waals surface area contributed by atoms with Crippen LogP contribution in [0.25, 0.3) is 0 Å². The highest BCUT2D eigenvalue weighted by Gasteiger charge is 2.19. The third-order valence-electron chi connectivity index (χ3n) is 2.86. The molecule has 0 rings (SSSR count). The van der Waals surface area contributed by atoms with E-state index >= 15 is 0 Å². The Hall–Kier alpha value is -1.59. The predicted octanol–water partition coefficient (Wildman–Crippen LogP) is 1.71. The summed E-state index contributed by atoms with van der Waals surface area (Å²) < 4.78 is 0. The van der Waals surface area contributed by atoms with Crippen LogP contribution in [0.15, 0.2) is 0 Å². The first-order valence-corrected chi connectivity index (χ1v) is 6.40. The number of rotatable bonds is 5. The Kier molecular flexibility index (Phi) is 7.74. The highest BCUT2D eigenvalue weighted by molar-refractivity contribution is 6.02. The summed E-state index contributed by atoms with van der Waals surface area (Å²) in [4.78, 5) is 36.1. The first-order valence-electron chi connectivity index (χ1n) is 6.40. The van der Waals surface area contributed by atoms with E-state index in [0.717, 1.165) is 0 Å². The fraction of sp³-hybridized carbons (Fsp3) is 0.750. The van der Waals surface area contributed by atoms with Gasteiger partial charge in [-0.15, -0.1) is 0 Å². The van der Waals surface area contributed by atoms with E-state index in [2.05, 4.69) is 10.6 Å². The molecule has 0 fully saturated rings. The topological polar surface area (TPSA) is 78.5 Å². The Morgan fingerprint density at radius 2 is 1.44 bits per heavy atom. The molecule has 5 amide bonds. The molecule has 0 aromatic heterocycles. The maximum Gasteiger partial charge on any atom is 0.329 e. The SMILES string of the molecule is CCC(CC)C(=O)NC(=O)NC(=O)N(CC)CC. The molecule has 6 heteroatoms. The van der Waals surface area contributed by atoms with Crippen LogP contribution in [0.1, 0.15) is 40.5 Å². The van der Waals surface area contributed by atoms with E-state index in [0.29, 0.717) is 25.9 Å². The molecule has 0 atom stereocenters. The Morgan fingerprint density at radius 1 is 0.944 bits per heavy atom. The number of nitrogens with zero attached hydrogens (tertiary/aromatic N) is 1. The lowest BCUT2D eigenvalue weighted by atomic mass is 10.0. The van der Waals surface area contributed by atoms with E-state index in [-0.39, 0.29) is 11.8 Å². The molecular weight excluding hydrogens is 234 g/mol. The molecule has 0 spiro atoms. The van der Waals surface area contributed by atoms with Gasteiger partial charge < -0.3 is 4.90 Å². The van der Waals surface area contributed by atoms with Crippen LogP contribution in [0.4, 0.5) is 9.59 Å². The zero-order valence-electron chi connectivity index (χ0n) is 11.6. The summed E-state index contributed by atoms with van der Waals surface area (Å²) in [6.45, 7) is 8.41. The van der Waals surface area contributed by atoms with Gasteiger partial charge in [-0.3, -0.25) is 15.4 Å². The van der Waals surface area contributed by atoms with Crippen molar-refractivity contribution in [2.24, 2.45) is 5.92 Å². The van der Waals surface area contributed by atoms with Crippen molar-refractivity contribution in [1.29, 1.82) is 0 Å². The second-order valence-corrected chi connectivity index (χ2v) is 3.93. The maximum atomic E-state index is 11.6. The number of carbonyl (C=O) groups excluding carboxylic acids is 3. The Morgan fingerprint density at radius 3 is 1.83 bits per heavy atom. The first-order chi connectivity index (χ1) is 8.49. The van der Waals surface area contributed by atoms with Crippen molar-refractivity contribution >= 4 is 18.0 Å². The highest BCUT2D eigenvalue weighted by atomic mass is 16.2. The van der Waals surface area contributed by atoms with Gasteiger partial charge in [0.05, 0.1) is 0 Å². The van der Waals surface area contributed by atoms with Crippen LogP contribution in [0.5, 0.6) is 0 Å². The second-order valence-electron chi connectivity index (χ2n) is 3.93. The molecule has 0 aliphatic carbocycles. The molecular formula is C12H23N3O3. The average Bonchev–Trinajstić information content (AvgIpc) is 2.31. The smallest absolute Gasteiger partial charge is 0.325 e. The van der Waals surface area contributed by atoms with Gasteiger partial charge in [0, 0.05) is 19.0 Å². The molecule has 0 aromatic carbocycles. The third-order valence-corrected chi connectivity index (χ3v) is 2.86. The molecule has 104 valence electrons. The molecule has 0 bridgehead atoms. The number of carbonyl (C=O) groups is 3. The summed E-state index contributed by atoms with van der Waals surface area (Å²) in [5, 5.41) is 4.31. The second kappa shape index (κ2) is 8.49. The number of amides is 5. The van der Waals surface area contributed by atoms with E-state index in [1.807, 2.05) is 27.7 Å². The van der Waals surface area contributed by atoms with Crippen LogP contribution in [-0.2, 0) is 4.79 Å². The maximum absolute atomic E-state index is 11.6. The van der Waals surface area contributed by atoms with Crippen molar-refractivity contribution in [2.75, 3.05) is 13.1 Å². The first kappa shape index (κ1) is 16.4. The van der Waals surface area contributed by atoms with Crippen LogP contribution in [0.3, 0.4) is 0 Å². The van der Waals surface area contributed by atoms with Crippen molar-refractivity contribution < 1.29 is 14.4 Å². The van der Waals surface area contributed by atoms with Gasteiger partial charge in [0.15, 0.2) is 0 Å². The van der Waals surface area contributed by atoms with Crippen molar-refractivity contribution in [3.8, 4) is 0 Å². The zero-order valence-corrected chi connectivity index (χ0v) is 11.6. The van der Waals surface area contributed by atoms with Gasteiger partial charge in [0.2, 0.25) is 5.91 Å². The number of imide groups is 2. The third kappa shape index (κ3) is 5.16. The predicted molar refractivity (Wildman–Crippen MR) is 69.1 cm³/mol. The molecule has 0 aliphatic heterocycles. The van der Waals surface area contributed by atoms with Gasteiger partial charge in [-0.2, -0.15) is 0 Å². The van der Waals surface area contributed by atoms with Gasteiger partial charge in [-0.1, -0.05) is 13.8 Å². The lowest BCUT2D eigenvalue weighted by Gasteiger charge is -2.19. The Balaban J connectivity index is 4.26.